The minimum atomic E-state index is 0.0664. The van der Waals surface area contributed by atoms with Gasteiger partial charge in [-0.05, 0) is 33.5 Å². The third-order valence-electron chi connectivity index (χ3n) is 3.61. The summed E-state index contributed by atoms with van der Waals surface area (Å²) in [4.78, 5) is 20.8. The zero-order chi connectivity index (χ0) is 13.8. The van der Waals surface area contributed by atoms with Crippen molar-refractivity contribution in [1.29, 1.82) is 0 Å². The highest BCUT2D eigenvalue weighted by molar-refractivity contribution is 7.09. The first-order chi connectivity index (χ1) is 9.11. The number of amides is 1. The van der Waals surface area contributed by atoms with Crippen LogP contribution in [0.15, 0.2) is 5.38 Å². The fraction of sp³-hybridized carbons (Fsp3) is 0.692. The van der Waals surface area contributed by atoms with Crippen molar-refractivity contribution in [2.24, 2.45) is 5.73 Å². The number of thiazole rings is 1. The van der Waals surface area contributed by atoms with Crippen LogP contribution in [-0.2, 0) is 6.42 Å². The summed E-state index contributed by atoms with van der Waals surface area (Å²) in [7, 11) is 4.20. The molecule has 5 nitrogen and oxygen atoms in total. The van der Waals surface area contributed by atoms with Crippen molar-refractivity contribution in [3.63, 3.8) is 0 Å². The summed E-state index contributed by atoms with van der Waals surface area (Å²) in [6.45, 7) is 2.23. The largest absolute Gasteiger partial charge is 0.337 e. The van der Waals surface area contributed by atoms with Gasteiger partial charge in [0, 0.05) is 30.9 Å². The van der Waals surface area contributed by atoms with Gasteiger partial charge in [-0.15, -0.1) is 11.3 Å². The molecule has 2 heterocycles. The number of hydrogen-bond acceptors (Lipinski definition) is 5. The first-order valence-electron chi connectivity index (χ1n) is 6.72. The quantitative estimate of drug-likeness (QED) is 0.888. The topological polar surface area (TPSA) is 62.5 Å². The summed E-state index contributed by atoms with van der Waals surface area (Å²) in [6, 6.07) is 0.590. The molecule has 1 aliphatic rings. The summed E-state index contributed by atoms with van der Waals surface area (Å²) >= 11 is 1.53. The predicted octanol–water partition coefficient (Wildman–Crippen LogP) is 0.810. The van der Waals surface area contributed by atoms with E-state index in [2.05, 4.69) is 24.0 Å². The third kappa shape index (κ3) is 3.52. The monoisotopic (exact) mass is 282 g/mol. The minimum absolute atomic E-state index is 0.0664. The lowest BCUT2D eigenvalue weighted by atomic mass is 10.0. The van der Waals surface area contributed by atoms with Crippen molar-refractivity contribution in [1.82, 2.24) is 14.8 Å². The molecule has 0 radical (unpaired) electrons. The number of aromatic nitrogens is 1. The van der Waals surface area contributed by atoms with Crippen LogP contribution in [0.2, 0.25) is 0 Å². The molecule has 0 unspecified atom stereocenters. The van der Waals surface area contributed by atoms with Crippen molar-refractivity contribution in [2.75, 3.05) is 33.7 Å². The molecule has 0 saturated carbocycles. The Morgan fingerprint density at radius 2 is 2.21 bits per heavy atom. The van der Waals surface area contributed by atoms with Crippen LogP contribution in [-0.4, -0.2) is 60.5 Å². The van der Waals surface area contributed by atoms with Crippen molar-refractivity contribution in [2.45, 2.75) is 25.3 Å². The Balaban J connectivity index is 1.93. The zero-order valence-corrected chi connectivity index (χ0v) is 12.4. The second-order valence-electron chi connectivity index (χ2n) is 5.15. The molecule has 6 heteroatoms. The van der Waals surface area contributed by atoms with Crippen molar-refractivity contribution < 1.29 is 4.79 Å². The third-order valence-corrected chi connectivity index (χ3v) is 4.52. The molecular formula is C13H22N4OS. The van der Waals surface area contributed by atoms with E-state index < -0.39 is 0 Å². The van der Waals surface area contributed by atoms with Crippen molar-refractivity contribution in [3.8, 4) is 0 Å². The van der Waals surface area contributed by atoms with Crippen LogP contribution in [0.1, 0.15) is 28.3 Å². The molecule has 0 atom stereocenters. The molecule has 1 aromatic heterocycles. The predicted molar refractivity (Wildman–Crippen MR) is 77.5 cm³/mol. The van der Waals surface area contributed by atoms with Gasteiger partial charge >= 0.3 is 0 Å². The maximum atomic E-state index is 12.3. The Morgan fingerprint density at radius 3 is 2.79 bits per heavy atom. The lowest BCUT2D eigenvalue weighted by Crippen LogP contribution is -2.44. The molecule has 2 N–H and O–H groups in total. The molecule has 1 aromatic rings. The van der Waals surface area contributed by atoms with Gasteiger partial charge in [0.25, 0.3) is 5.91 Å². The second-order valence-corrected chi connectivity index (χ2v) is 6.09. The molecule has 19 heavy (non-hydrogen) atoms. The normalized spacial score (nSPS) is 17.2. The first-order valence-corrected chi connectivity index (χ1v) is 7.60. The van der Waals surface area contributed by atoms with Gasteiger partial charge in [0.1, 0.15) is 5.69 Å². The Hall–Kier alpha value is -0.980. The zero-order valence-electron chi connectivity index (χ0n) is 11.6. The van der Waals surface area contributed by atoms with Gasteiger partial charge in [-0.2, -0.15) is 0 Å². The highest BCUT2D eigenvalue weighted by atomic mass is 32.1. The van der Waals surface area contributed by atoms with Gasteiger partial charge in [-0.25, -0.2) is 4.98 Å². The summed E-state index contributed by atoms with van der Waals surface area (Å²) in [5.74, 6) is 0.0664. The van der Waals surface area contributed by atoms with Gasteiger partial charge in [-0.3, -0.25) is 4.79 Å². The summed E-state index contributed by atoms with van der Waals surface area (Å²) in [6.07, 6.45) is 2.83. The van der Waals surface area contributed by atoms with Gasteiger partial charge in [0.05, 0.1) is 5.01 Å². The molecule has 0 aliphatic carbocycles. The van der Waals surface area contributed by atoms with E-state index in [-0.39, 0.29) is 5.91 Å². The van der Waals surface area contributed by atoms with E-state index in [0.717, 1.165) is 37.4 Å². The maximum absolute atomic E-state index is 12.3. The molecule has 106 valence electrons. The molecule has 1 amide bonds. The Bertz CT molecular complexity index is 424. The average Bonchev–Trinajstić information content (AvgIpc) is 2.87. The molecule has 2 rings (SSSR count). The smallest absolute Gasteiger partial charge is 0.273 e. The maximum Gasteiger partial charge on any atom is 0.273 e. The Labute approximate surface area is 118 Å². The summed E-state index contributed by atoms with van der Waals surface area (Å²) in [5.41, 5.74) is 6.08. The number of likely N-dealkylation sites (tertiary alicyclic amines) is 1. The lowest BCUT2D eigenvalue weighted by molar-refractivity contribution is 0.0658. The number of nitrogens with zero attached hydrogens (tertiary/aromatic N) is 3. The second kappa shape index (κ2) is 6.45. The van der Waals surface area contributed by atoms with Gasteiger partial charge in [0.15, 0.2) is 0 Å². The highest BCUT2D eigenvalue weighted by Gasteiger charge is 2.25. The molecular weight excluding hydrogens is 260 g/mol. The van der Waals surface area contributed by atoms with Gasteiger partial charge in [-0.1, -0.05) is 0 Å². The molecule has 0 aromatic carbocycles. The SMILES string of the molecule is CN(C)C1CCN(C(=O)c2csc(CCN)n2)CC1. The minimum Gasteiger partial charge on any atom is -0.337 e. The Kier molecular flexibility index (Phi) is 4.90. The van der Waals surface area contributed by atoms with E-state index in [0.29, 0.717) is 18.3 Å². The Morgan fingerprint density at radius 1 is 1.53 bits per heavy atom. The number of carbonyl (C=O) groups is 1. The van der Waals surface area contributed by atoms with E-state index in [1.807, 2.05) is 10.3 Å². The van der Waals surface area contributed by atoms with Crippen LogP contribution < -0.4 is 5.73 Å². The average molecular weight is 282 g/mol. The van der Waals surface area contributed by atoms with Crippen LogP contribution in [0, 0.1) is 0 Å². The van der Waals surface area contributed by atoms with Crippen LogP contribution in [0.4, 0.5) is 0 Å². The molecule has 1 fully saturated rings. The van der Waals surface area contributed by atoms with Crippen LogP contribution in [0.5, 0.6) is 0 Å². The summed E-state index contributed by atoms with van der Waals surface area (Å²) < 4.78 is 0. The van der Waals surface area contributed by atoms with Gasteiger partial charge in [0.2, 0.25) is 0 Å². The summed E-state index contributed by atoms with van der Waals surface area (Å²) in [5, 5.41) is 2.81. The number of piperidine rings is 1. The lowest BCUT2D eigenvalue weighted by Gasteiger charge is -2.34. The van der Waals surface area contributed by atoms with E-state index in [1.165, 1.54) is 11.3 Å². The first kappa shape index (κ1) is 14.4. The van der Waals surface area contributed by atoms with Crippen LogP contribution in [0.25, 0.3) is 0 Å². The fourth-order valence-electron chi connectivity index (χ4n) is 2.39. The van der Waals surface area contributed by atoms with E-state index in [4.69, 9.17) is 5.73 Å². The standard InChI is InChI=1S/C13H22N4OS/c1-16(2)10-4-7-17(8-5-10)13(18)11-9-19-12(15-11)3-6-14/h9-10H,3-8,14H2,1-2H3. The van der Waals surface area contributed by atoms with E-state index in [1.54, 1.807) is 0 Å². The number of carbonyl (C=O) groups excluding carboxylic acids is 1. The molecule has 0 spiro atoms. The fourth-order valence-corrected chi connectivity index (χ4v) is 3.18. The number of nitrogens with two attached hydrogens (primary N) is 1. The van der Waals surface area contributed by atoms with E-state index >= 15 is 0 Å². The highest BCUT2D eigenvalue weighted by Crippen LogP contribution is 2.18. The van der Waals surface area contributed by atoms with Crippen molar-refractivity contribution in [3.05, 3.63) is 16.1 Å². The number of rotatable bonds is 4. The van der Waals surface area contributed by atoms with Crippen LogP contribution in [0.3, 0.4) is 0 Å². The molecule has 1 aliphatic heterocycles. The molecule has 0 bridgehead atoms. The van der Waals surface area contributed by atoms with Crippen LogP contribution >= 0.6 is 11.3 Å². The van der Waals surface area contributed by atoms with Crippen molar-refractivity contribution >= 4 is 17.2 Å². The van der Waals surface area contributed by atoms with E-state index in [9.17, 15) is 4.79 Å². The molecule has 1 saturated heterocycles. The number of hydrogen-bond donors (Lipinski definition) is 1. The van der Waals surface area contributed by atoms with Gasteiger partial charge < -0.3 is 15.5 Å².